The zero-order chi connectivity index (χ0) is 17.6. The Kier molecular flexibility index (Phi) is 5.48. The summed E-state index contributed by atoms with van der Waals surface area (Å²) in [7, 11) is 0. The average molecular weight is 340 g/mol. The maximum atomic E-state index is 12.4. The minimum absolute atomic E-state index is 0.0774. The van der Waals surface area contributed by atoms with E-state index < -0.39 is 0 Å². The van der Waals surface area contributed by atoms with Crippen molar-refractivity contribution in [1.29, 1.82) is 0 Å². The van der Waals surface area contributed by atoms with E-state index in [1.54, 1.807) is 17.0 Å². The summed E-state index contributed by atoms with van der Waals surface area (Å²) in [6, 6.07) is 10.1. The van der Waals surface area contributed by atoms with E-state index in [9.17, 15) is 9.59 Å². The minimum atomic E-state index is -0.112. The maximum absolute atomic E-state index is 12.4. The van der Waals surface area contributed by atoms with Crippen LogP contribution >= 0.6 is 0 Å². The number of hydrogen-bond donors (Lipinski definition) is 1. The van der Waals surface area contributed by atoms with Gasteiger partial charge in [0.1, 0.15) is 0 Å². The summed E-state index contributed by atoms with van der Waals surface area (Å²) >= 11 is 0. The van der Waals surface area contributed by atoms with E-state index in [0.29, 0.717) is 25.3 Å². The Morgan fingerprint density at radius 1 is 1.32 bits per heavy atom. The largest absolute Gasteiger partial charge is 0.361 e. The number of hydrogen-bond acceptors (Lipinski definition) is 4. The van der Waals surface area contributed by atoms with Crippen LogP contribution in [0.5, 0.6) is 0 Å². The maximum Gasteiger partial charge on any atom is 0.293 e. The topological polar surface area (TPSA) is 67.2 Å². The molecule has 0 spiro atoms. The average Bonchev–Trinajstić information content (AvgIpc) is 3.11. The molecule has 1 aromatic heterocycles. The van der Waals surface area contributed by atoms with Gasteiger partial charge in [0.05, 0.1) is 0 Å². The van der Waals surface area contributed by atoms with Crippen molar-refractivity contribution >= 4 is 11.7 Å². The number of carbonyl (C=O) groups excluding carboxylic acids is 1. The van der Waals surface area contributed by atoms with E-state index in [-0.39, 0.29) is 17.5 Å². The molecule has 6 nitrogen and oxygen atoms in total. The van der Waals surface area contributed by atoms with Crippen molar-refractivity contribution in [1.82, 2.24) is 14.5 Å². The molecular weight excluding hydrogens is 316 g/mol. The highest BCUT2D eigenvalue weighted by molar-refractivity contribution is 5.76. The Morgan fingerprint density at radius 2 is 2.12 bits per heavy atom. The van der Waals surface area contributed by atoms with Gasteiger partial charge >= 0.3 is 0 Å². The molecule has 1 unspecified atom stereocenters. The number of rotatable bonds is 6. The summed E-state index contributed by atoms with van der Waals surface area (Å²) in [5, 5.41) is 3.20. The summed E-state index contributed by atoms with van der Waals surface area (Å²) in [5.41, 5.74) is 1.07. The van der Waals surface area contributed by atoms with Gasteiger partial charge in [-0.3, -0.25) is 9.59 Å². The Balaban J connectivity index is 1.53. The summed E-state index contributed by atoms with van der Waals surface area (Å²) in [5.74, 6) is 0.535. The molecule has 1 aromatic carbocycles. The van der Waals surface area contributed by atoms with Crippen LogP contribution in [-0.2, 0) is 17.8 Å². The molecular formula is C19H24N4O2. The molecule has 1 fully saturated rings. The van der Waals surface area contributed by atoms with E-state index >= 15 is 0 Å². The van der Waals surface area contributed by atoms with Gasteiger partial charge in [-0.15, -0.1) is 0 Å². The standard InChI is InChI=1S/C19H24N4O2/c1-2-22-13-11-20-18(19(22)25)21-16-10-12-23(14-16)17(24)9-8-15-6-4-3-5-7-15/h3-7,11,13,16H,2,8-10,12,14H2,1H3,(H,20,21). The summed E-state index contributed by atoms with van der Waals surface area (Å²) in [6.45, 7) is 3.88. The lowest BCUT2D eigenvalue weighted by Crippen LogP contribution is -2.33. The highest BCUT2D eigenvalue weighted by atomic mass is 16.2. The zero-order valence-electron chi connectivity index (χ0n) is 14.5. The second kappa shape index (κ2) is 7.96. The number of benzene rings is 1. The first-order chi connectivity index (χ1) is 12.2. The molecule has 3 rings (SSSR count). The summed E-state index contributed by atoms with van der Waals surface area (Å²) < 4.78 is 1.62. The lowest BCUT2D eigenvalue weighted by molar-refractivity contribution is -0.130. The summed E-state index contributed by atoms with van der Waals surface area (Å²) in [6.07, 6.45) is 5.42. The zero-order valence-corrected chi connectivity index (χ0v) is 14.5. The molecule has 25 heavy (non-hydrogen) atoms. The van der Waals surface area contributed by atoms with E-state index in [1.807, 2.05) is 42.2 Å². The first kappa shape index (κ1) is 17.2. The monoisotopic (exact) mass is 340 g/mol. The second-order valence-corrected chi connectivity index (χ2v) is 6.32. The van der Waals surface area contributed by atoms with Crippen molar-refractivity contribution in [2.75, 3.05) is 18.4 Å². The molecule has 0 radical (unpaired) electrons. The number of amides is 1. The molecule has 2 heterocycles. The molecule has 1 saturated heterocycles. The van der Waals surface area contributed by atoms with Gasteiger partial charge in [-0.05, 0) is 25.3 Å². The molecule has 6 heteroatoms. The SMILES string of the molecule is CCn1ccnc(NC2CCN(C(=O)CCc3ccccc3)C2)c1=O. The van der Waals surface area contributed by atoms with Crippen LogP contribution in [0.25, 0.3) is 0 Å². The minimum Gasteiger partial charge on any atom is -0.361 e. The number of likely N-dealkylation sites (tertiary alicyclic amines) is 1. The lowest BCUT2D eigenvalue weighted by atomic mass is 10.1. The van der Waals surface area contributed by atoms with E-state index in [0.717, 1.165) is 19.4 Å². The Morgan fingerprint density at radius 3 is 2.88 bits per heavy atom. The van der Waals surface area contributed by atoms with Crippen molar-refractivity contribution in [2.45, 2.75) is 38.8 Å². The fraction of sp³-hybridized carbons (Fsp3) is 0.421. The van der Waals surface area contributed by atoms with Gasteiger partial charge in [0.2, 0.25) is 5.91 Å². The molecule has 0 bridgehead atoms. The van der Waals surface area contributed by atoms with E-state index in [2.05, 4.69) is 10.3 Å². The van der Waals surface area contributed by atoms with E-state index in [4.69, 9.17) is 0 Å². The van der Waals surface area contributed by atoms with Gasteiger partial charge in [0.25, 0.3) is 5.56 Å². The molecule has 132 valence electrons. The number of aryl methyl sites for hydroxylation is 2. The van der Waals surface area contributed by atoms with Crippen LogP contribution in [0.4, 0.5) is 5.82 Å². The third-order valence-corrected chi connectivity index (χ3v) is 4.61. The fourth-order valence-electron chi connectivity index (χ4n) is 3.15. The van der Waals surface area contributed by atoms with Crippen molar-refractivity contribution in [3.05, 3.63) is 58.6 Å². The Hall–Kier alpha value is -2.63. The van der Waals surface area contributed by atoms with Gasteiger partial charge in [-0.1, -0.05) is 30.3 Å². The van der Waals surface area contributed by atoms with Crippen LogP contribution in [-0.4, -0.2) is 39.5 Å². The van der Waals surface area contributed by atoms with Crippen LogP contribution < -0.4 is 10.9 Å². The first-order valence-electron chi connectivity index (χ1n) is 8.81. The Bertz CT molecular complexity index is 772. The second-order valence-electron chi connectivity index (χ2n) is 6.32. The number of anilines is 1. The van der Waals surface area contributed by atoms with E-state index in [1.165, 1.54) is 5.56 Å². The van der Waals surface area contributed by atoms with Crippen molar-refractivity contribution in [2.24, 2.45) is 0 Å². The molecule has 1 amide bonds. The molecule has 1 aliphatic rings. The highest BCUT2D eigenvalue weighted by Gasteiger charge is 2.26. The van der Waals surface area contributed by atoms with Crippen LogP contribution in [0.2, 0.25) is 0 Å². The Labute approximate surface area is 147 Å². The number of nitrogens with one attached hydrogen (secondary N) is 1. The number of aromatic nitrogens is 2. The predicted octanol–water partition coefficient (Wildman–Crippen LogP) is 1.91. The molecule has 1 atom stereocenters. The smallest absolute Gasteiger partial charge is 0.293 e. The predicted molar refractivity (Wildman–Crippen MR) is 97.5 cm³/mol. The molecule has 1 N–H and O–H groups in total. The van der Waals surface area contributed by atoms with Crippen molar-refractivity contribution in [3.8, 4) is 0 Å². The van der Waals surface area contributed by atoms with Gasteiger partial charge in [-0.2, -0.15) is 0 Å². The molecule has 2 aromatic rings. The van der Waals surface area contributed by atoms with Gasteiger partial charge < -0.3 is 14.8 Å². The van der Waals surface area contributed by atoms with Crippen molar-refractivity contribution in [3.63, 3.8) is 0 Å². The first-order valence-corrected chi connectivity index (χ1v) is 8.81. The molecule has 0 aliphatic carbocycles. The number of nitrogens with zero attached hydrogens (tertiary/aromatic N) is 3. The van der Waals surface area contributed by atoms with Gasteiger partial charge in [0.15, 0.2) is 5.82 Å². The van der Waals surface area contributed by atoms with Gasteiger partial charge in [0, 0.05) is 44.5 Å². The quantitative estimate of drug-likeness (QED) is 0.872. The van der Waals surface area contributed by atoms with Crippen LogP contribution in [0.3, 0.4) is 0 Å². The van der Waals surface area contributed by atoms with Gasteiger partial charge in [-0.25, -0.2) is 4.98 Å². The highest BCUT2D eigenvalue weighted by Crippen LogP contribution is 2.15. The van der Waals surface area contributed by atoms with Crippen LogP contribution in [0.15, 0.2) is 47.5 Å². The number of carbonyl (C=O) groups is 1. The van der Waals surface area contributed by atoms with Crippen LogP contribution in [0, 0.1) is 0 Å². The van der Waals surface area contributed by atoms with Crippen LogP contribution in [0.1, 0.15) is 25.3 Å². The van der Waals surface area contributed by atoms with Crippen molar-refractivity contribution < 1.29 is 4.79 Å². The fourth-order valence-corrected chi connectivity index (χ4v) is 3.15. The molecule has 0 saturated carbocycles. The lowest BCUT2D eigenvalue weighted by Gasteiger charge is -2.17. The third-order valence-electron chi connectivity index (χ3n) is 4.61. The normalized spacial score (nSPS) is 16.8. The third kappa shape index (κ3) is 4.26. The summed E-state index contributed by atoms with van der Waals surface area (Å²) in [4.78, 5) is 30.6. The molecule has 1 aliphatic heterocycles.